The Morgan fingerprint density at radius 2 is 1.81 bits per heavy atom. The quantitative estimate of drug-likeness (QED) is 0.642. The minimum Gasteiger partial charge on any atom is -0.370 e. The number of nitrogens with zero attached hydrogens (tertiary/aromatic N) is 2. The number of hydrogen-bond acceptors (Lipinski definition) is 4. The van der Waals surface area contributed by atoms with Gasteiger partial charge in [-0.3, -0.25) is 4.79 Å². The first-order valence-corrected chi connectivity index (χ1v) is 9.17. The van der Waals surface area contributed by atoms with Crippen LogP contribution in [0.4, 0.5) is 11.4 Å². The molecular formula is C20H23N5O2. The molecule has 2 aromatic carbocycles. The molecule has 1 aliphatic rings. The number of anilines is 2. The fourth-order valence-electron chi connectivity index (χ4n) is 3.82. The highest BCUT2D eigenvalue weighted by atomic mass is 16.1. The number of para-hydroxylation sites is 1. The molecule has 4 N–H and O–H groups in total. The Balaban J connectivity index is 1.61. The van der Waals surface area contributed by atoms with Crippen molar-refractivity contribution in [2.75, 3.05) is 29.4 Å². The molecule has 1 unspecified atom stereocenters. The number of aromatic nitrogens is 2. The van der Waals surface area contributed by atoms with Crippen LogP contribution >= 0.6 is 0 Å². The zero-order valence-corrected chi connectivity index (χ0v) is 15.0. The van der Waals surface area contributed by atoms with Crippen molar-refractivity contribution in [2.45, 2.75) is 18.9 Å². The molecule has 0 spiro atoms. The summed E-state index contributed by atoms with van der Waals surface area (Å²) in [6.45, 7) is 2.54. The Bertz CT molecular complexity index is 994. The van der Waals surface area contributed by atoms with Crippen LogP contribution in [0.5, 0.6) is 0 Å². The summed E-state index contributed by atoms with van der Waals surface area (Å²) >= 11 is 0. The number of rotatable bonds is 5. The van der Waals surface area contributed by atoms with E-state index in [0.29, 0.717) is 12.8 Å². The summed E-state index contributed by atoms with van der Waals surface area (Å²) in [6.07, 6.45) is 1.05. The minimum atomic E-state index is -0.280. The van der Waals surface area contributed by atoms with Crippen LogP contribution in [0.25, 0.3) is 11.0 Å². The van der Waals surface area contributed by atoms with Crippen molar-refractivity contribution in [3.8, 4) is 0 Å². The lowest BCUT2D eigenvalue weighted by molar-refractivity contribution is -0.118. The Morgan fingerprint density at radius 3 is 2.59 bits per heavy atom. The predicted molar refractivity (Wildman–Crippen MR) is 107 cm³/mol. The van der Waals surface area contributed by atoms with Crippen LogP contribution in [-0.4, -0.2) is 41.6 Å². The summed E-state index contributed by atoms with van der Waals surface area (Å²) < 4.78 is 0. The van der Waals surface area contributed by atoms with Crippen molar-refractivity contribution >= 4 is 28.3 Å². The van der Waals surface area contributed by atoms with Gasteiger partial charge >= 0.3 is 5.69 Å². The van der Waals surface area contributed by atoms with E-state index in [1.54, 1.807) is 0 Å². The highest BCUT2D eigenvalue weighted by Crippen LogP contribution is 2.27. The van der Waals surface area contributed by atoms with E-state index in [9.17, 15) is 9.59 Å². The lowest BCUT2D eigenvalue weighted by Crippen LogP contribution is -2.53. The number of primary amides is 1. The first-order chi connectivity index (χ1) is 13.1. The van der Waals surface area contributed by atoms with Gasteiger partial charge in [-0.1, -0.05) is 18.2 Å². The molecule has 4 rings (SSSR count). The van der Waals surface area contributed by atoms with E-state index in [1.165, 1.54) is 5.69 Å². The number of imidazole rings is 1. The number of benzene rings is 2. The van der Waals surface area contributed by atoms with Crippen LogP contribution in [0.2, 0.25) is 0 Å². The summed E-state index contributed by atoms with van der Waals surface area (Å²) in [4.78, 5) is 33.1. The van der Waals surface area contributed by atoms with Crippen LogP contribution in [0.3, 0.4) is 0 Å². The van der Waals surface area contributed by atoms with Crippen LogP contribution < -0.4 is 21.2 Å². The predicted octanol–water partition coefficient (Wildman–Crippen LogP) is 1.82. The average molecular weight is 365 g/mol. The second kappa shape index (κ2) is 7.19. The fraction of sp³-hybridized carbons (Fsp3) is 0.300. The molecule has 7 nitrogen and oxygen atoms in total. The number of H-pyrrole nitrogens is 2. The molecule has 140 valence electrons. The number of nitrogens with one attached hydrogen (secondary N) is 2. The molecule has 1 aliphatic heterocycles. The molecule has 0 radical (unpaired) electrons. The Morgan fingerprint density at radius 1 is 1.04 bits per heavy atom. The first kappa shape index (κ1) is 17.2. The second-order valence-electron chi connectivity index (χ2n) is 6.94. The second-order valence-corrected chi connectivity index (χ2v) is 6.94. The van der Waals surface area contributed by atoms with E-state index >= 15 is 0 Å². The molecule has 7 heteroatoms. The van der Waals surface area contributed by atoms with Crippen LogP contribution in [0, 0.1) is 0 Å². The maximum Gasteiger partial charge on any atom is 0.323 e. The molecule has 1 fully saturated rings. The first-order valence-electron chi connectivity index (χ1n) is 9.17. The molecule has 1 saturated heterocycles. The summed E-state index contributed by atoms with van der Waals surface area (Å²) in [5.74, 6) is -0.280. The van der Waals surface area contributed by atoms with E-state index < -0.39 is 0 Å². The van der Waals surface area contributed by atoms with Crippen molar-refractivity contribution in [3.63, 3.8) is 0 Å². The highest BCUT2D eigenvalue weighted by molar-refractivity contribution is 5.79. The Kier molecular flexibility index (Phi) is 4.58. The third-order valence-electron chi connectivity index (χ3n) is 5.16. The van der Waals surface area contributed by atoms with Crippen LogP contribution in [-0.2, 0) is 4.79 Å². The summed E-state index contributed by atoms with van der Waals surface area (Å²) in [5.41, 5.74) is 9.00. The molecular weight excluding hydrogens is 342 g/mol. The van der Waals surface area contributed by atoms with E-state index in [-0.39, 0.29) is 17.6 Å². The summed E-state index contributed by atoms with van der Waals surface area (Å²) in [5, 5.41) is 0. The van der Waals surface area contributed by atoms with E-state index in [1.807, 2.05) is 36.4 Å². The highest BCUT2D eigenvalue weighted by Gasteiger charge is 2.28. The number of nitrogens with two attached hydrogens (primary N) is 1. The zero-order chi connectivity index (χ0) is 18.8. The van der Waals surface area contributed by atoms with Gasteiger partial charge < -0.3 is 25.5 Å². The molecule has 1 amide bonds. The number of amides is 1. The van der Waals surface area contributed by atoms with Crippen molar-refractivity contribution in [3.05, 3.63) is 59.0 Å². The maximum atomic E-state index is 11.5. The smallest absolute Gasteiger partial charge is 0.323 e. The molecule has 0 aliphatic carbocycles. The van der Waals surface area contributed by atoms with Gasteiger partial charge in [0.05, 0.1) is 11.0 Å². The van der Waals surface area contributed by atoms with E-state index in [0.717, 1.165) is 36.4 Å². The van der Waals surface area contributed by atoms with E-state index in [4.69, 9.17) is 5.73 Å². The third kappa shape index (κ3) is 3.67. The molecule has 0 saturated carbocycles. The van der Waals surface area contributed by atoms with Gasteiger partial charge in [0.1, 0.15) is 0 Å². The molecule has 2 heterocycles. The largest absolute Gasteiger partial charge is 0.370 e. The van der Waals surface area contributed by atoms with Gasteiger partial charge in [-0.2, -0.15) is 0 Å². The molecule has 27 heavy (non-hydrogen) atoms. The van der Waals surface area contributed by atoms with Crippen molar-refractivity contribution in [2.24, 2.45) is 5.73 Å². The SMILES string of the molecule is NC(=O)CCC1CN(c2ccccc2)CCN1c1ccc2[nH]c(=O)[nH]c2c1. The van der Waals surface area contributed by atoms with Gasteiger partial charge in [-0.05, 0) is 36.8 Å². The molecule has 0 bridgehead atoms. The van der Waals surface area contributed by atoms with Crippen LogP contribution in [0.15, 0.2) is 53.3 Å². The summed E-state index contributed by atoms with van der Waals surface area (Å²) in [7, 11) is 0. The van der Waals surface area contributed by atoms with Crippen LogP contribution in [0.1, 0.15) is 12.8 Å². The van der Waals surface area contributed by atoms with Gasteiger partial charge in [0.25, 0.3) is 0 Å². The average Bonchev–Trinajstić information content (AvgIpc) is 3.06. The van der Waals surface area contributed by atoms with Gasteiger partial charge in [0, 0.05) is 43.5 Å². The number of carbonyl (C=O) groups excluding carboxylic acids is 1. The number of carbonyl (C=O) groups is 1. The van der Waals surface area contributed by atoms with Gasteiger partial charge in [0.15, 0.2) is 0 Å². The van der Waals surface area contributed by atoms with Gasteiger partial charge in [-0.25, -0.2) is 4.79 Å². The topological polar surface area (TPSA) is 98.2 Å². The number of fused-ring (bicyclic) bond motifs is 1. The third-order valence-corrected chi connectivity index (χ3v) is 5.16. The number of aromatic amines is 2. The normalized spacial score (nSPS) is 17.4. The molecule has 1 aromatic heterocycles. The lowest BCUT2D eigenvalue weighted by Gasteiger charge is -2.44. The standard InChI is InChI=1S/C20H23N5O2/c21-19(26)9-7-16-13-24(14-4-2-1-3-5-14)10-11-25(16)15-6-8-17-18(12-15)23-20(27)22-17/h1-6,8,12,16H,7,9-11,13H2,(H2,21,26)(H2,22,23,27). The van der Waals surface area contributed by atoms with E-state index in [2.05, 4.69) is 31.9 Å². The lowest BCUT2D eigenvalue weighted by atomic mass is 10.0. The monoisotopic (exact) mass is 365 g/mol. The van der Waals surface area contributed by atoms with Gasteiger partial charge in [0.2, 0.25) is 5.91 Å². The maximum absolute atomic E-state index is 11.5. The fourth-order valence-corrected chi connectivity index (χ4v) is 3.82. The van der Waals surface area contributed by atoms with Crippen molar-refractivity contribution in [1.82, 2.24) is 9.97 Å². The number of hydrogen-bond donors (Lipinski definition) is 3. The zero-order valence-electron chi connectivity index (χ0n) is 15.0. The Hall–Kier alpha value is -3.22. The minimum absolute atomic E-state index is 0.162. The van der Waals surface area contributed by atoms with Crippen molar-refractivity contribution in [1.29, 1.82) is 0 Å². The summed E-state index contributed by atoms with van der Waals surface area (Å²) in [6, 6.07) is 16.4. The Labute approximate surface area is 156 Å². The van der Waals surface area contributed by atoms with Crippen molar-refractivity contribution < 1.29 is 4.79 Å². The molecule has 3 aromatic rings. The van der Waals surface area contributed by atoms with Gasteiger partial charge in [-0.15, -0.1) is 0 Å². The number of piperazine rings is 1. The molecule has 1 atom stereocenters.